The molecular weight excluding hydrogens is 260 g/mol. The summed E-state index contributed by atoms with van der Waals surface area (Å²) in [5.74, 6) is 1.51. The van der Waals surface area contributed by atoms with Gasteiger partial charge < -0.3 is 23.7 Å². The number of phenolic OH excluding ortho intramolecular Hbond substituents is 1. The molecule has 0 aliphatic heterocycles. The second kappa shape index (κ2) is 4.52. The smallest absolute Gasteiger partial charge is 0.204 e. The lowest BCUT2D eigenvalue weighted by Gasteiger charge is -2.15. The fraction of sp³-hybridized carbons (Fsp3) is 0.200. The first-order chi connectivity index (χ1) is 9.71. The van der Waals surface area contributed by atoms with Crippen molar-refractivity contribution in [2.75, 3.05) is 21.3 Å². The summed E-state index contributed by atoms with van der Waals surface area (Å²) in [6.07, 6.45) is 1.53. The number of rotatable bonds is 3. The van der Waals surface area contributed by atoms with Gasteiger partial charge in [-0.25, -0.2) is 0 Å². The largest absolute Gasteiger partial charge is 0.506 e. The van der Waals surface area contributed by atoms with Crippen LogP contribution in [-0.4, -0.2) is 26.4 Å². The fourth-order valence-corrected chi connectivity index (χ4v) is 2.44. The van der Waals surface area contributed by atoms with E-state index in [2.05, 4.69) is 0 Å². The second-order valence-electron chi connectivity index (χ2n) is 4.30. The molecule has 1 N–H and O–H groups in total. The van der Waals surface area contributed by atoms with Gasteiger partial charge in [-0.05, 0) is 23.6 Å². The summed E-state index contributed by atoms with van der Waals surface area (Å²) in [6.45, 7) is 0. The molecule has 0 saturated heterocycles. The van der Waals surface area contributed by atoms with Gasteiger partial charge >= 0.3 is 0 Å². The van der Waals surface area contributed by atoms with Crippen molar-refractivity contribution in [3.63, 3.8) is 0 Å². The highest BCUT2D eigenvalue weighted by Gasteiger charge is 2.20. The van der Waals surface area contributed by atoms with Gasteiger partial charge in [-0.2, -0.15) is 0 Å². The average Bonchev–Trinajstić information content (AvgIpc) is 2.93. The molecule has 5 nitrogen and oxygen atoms in total. The third-order valence-electron chi connectivity index (χ3n) is 3.33. The molecule has 0 unspecified atom stereocenters. The number of aromatic hydroxyl groups is 1. The Balaban J connectivity index is 2.53. The molecule has 0 fully saturated rings. The Hall–Kier alpha value is -2.56. The maximum absolute atomic E-state index is 10.5. The summed E-state index contributed by atoms with van der Waals surface area (Å²) in [5.41, 5.74) is 0.601. The zero-order chi connectivity index (χ0) is 14.3. The molecule has 0 radical (unpaired) electrons. The van der Waals surface area contributed by atoms with Crippen LogP contribution in [0.25, 0.3) is 21.7 Å². The minimum atomic E-state index is 0.101. The highest BCUT2D eigenvalue weighted by molar-refractivity contribution is 6.07. The van der Waals surface area contributed by atoms with Gasteiger partial charge in [0, 0.05) is 0 Å². The normalized spacial score (nSPS) is 10.9. The number of phenols is 1. The first kappa shape index (κ1) is 12.5. The Morgan fingerprint density at radius 3 is 2.40 bits per heavy atom. The van der Waals surface area contributed by atoms with Crippen LogP contribution < -0.4 is 14.2 Å². The molecule has 0 spiro atoms. The predicted molar refractivity (Wildman–Crippen MR) is 75.0 cm³/mol. The van der Waals surface area contributed by atoms with Gasteiger partial charge in [0.05, 0.1) is 38.4 Å². The third kappa shape index (κ3) is 1.56. The van der Waals surface area contributed by atoms with Crippen LogP contribution in [0.2, 0.25) is 0 Å². The van der Waals surface area contributed by atoms with Gasteiger partial charge in [-0.3, -0.25) is 0 Å². The van der Waals surface area contributed by atoms with E-state index in [0.29, 0.717) is 33.6 Å². The molecular formula is C15H14O5. The number of benzene rings is 2. The molecule has 0 atom stereocenters. The van der Waals surface area contributed by atoms with Crippen LogP contribution in [-0.2, 0) is 0 Å². The molecule has 1 heterocycles. The lowest BCUT2D eigenvalue weighted by atomic mass is 10.0. The fourth-order valence-electron chi connectivity index (χ4n) is 2.44. The van der Waals surface area contributed by atoms with E-state index in [-0.39, 0.29) is 5.75 Å². The summed E-state index contributed by atoms with van der Waals surface area (Å²) < 4.78 is 21.4. The Bertz CT molecular complexity index is 788. The van der Waals surface area contributed by atoms with Crippen molar-refractivity contribution in [3.8, 4) is 23.0 Å². The van der Waals surface area contributed by atoms with Gasteiger partial charge in [0.1, 0.15) is 11.3 Å². The topological polar surface area (TPSA) is 61.1 Å². The van der Waals surface area contributed by atoms with Gasteiger partial charge in [-0.15, -0.1) is 0 Å². The zero-order valence-electron chi connectivity index (χ0n) is 11.4. The Kier molecular flexibility index (Phi) is 2.82. The van der Waals surface area contributed by atoms with E-state index >= 15 is 0 Å². The van der Waals surface area contributed by atoms with E-state index in [1.54, 1.807) is 19.2 Å². The summed E-state index contributed by atoms with van der Waals surface area (Å²) in [5, 5.41) is 12.4. The molecule has 20 heavy (non-hydrogen) atoms. The van der Waals surface area contributed by atoms with Gasteiger partial charge in [-0.1, -0.05) is 0 Å². The van der Waals surface area contributed by atoms with Crippen molar-refractivity contribution in [1.82, 2.24) is 0 Å². The summed E-state index contributed by atoms with van der Waals surface area (Å²) in [4.78, 5) is 0. The molecule has 3 rings (SSSR count). The molecule has 104 valence electrons. The zero-order valence-corrected chi connectivity index (χ0v) is 11.4. The lowest BCUT2D eigenvalue weighted by Crippen LogP contribution is -1.96. The number of methoxy groups -OCH3 is 3. The van der Waals surface area contributed by atoms with Crippen molar-refractivity contribution in [1.29, 1.82) is 0 Å². The number of ether oxygens (including phenoxy) is 3. The van der Waals surface area contributed by atoms with Crippen LogP contribution >= 0.6 is 0 Å². The number of hydrogen-bond donors (Lipinski definition) is 1. The minimum absolute atomic E-state index is 0.101. The van der Waals surface area contributed by atoms with E-state index in [1.165, 1.54) is 20.5 Å². The Morgan fingerprint density at radius 2 is 1.75 bits per heavy atom. The van der Waals surface area contributed by atoms with Crippen LogP contribution in [0.4, 0.5) is 0 Å². The molecule has 5 heteroatoms. The molecule has 0 bridgehead atoms. The first-order valence-corrected chi connectivity index (χ1v) is 6.03. The molecule has 0 amide bonds. The number of fused-ring (bicyclic) bond motifs is 2. The first-order valence-electron chi connectivity index (χ1n) is 6.03. The molecule has 3 aromatic rings. The van der Waals surface area contributed by atoms with Crippen LogP contribution in [0.15, 0.2) is 28.9 Å². The van der Waals surface area contributed by atoms with Crippen molar-refractivity contribution >= 4 is 21.7 Å². The number of hydrogen-bond acceptors (Lipinski definition) is 5. The minimum Gasteiger partial charge on any atom is -0.506 e. The van der Waals surface area contributed by atoms with Crippen LogP contribution in [0.1, 0.15) is 0 Å². The monoisotopic (exact) mass is 274 g/mol. The maximum Gasteiger partial charge on any atom is 0.204 e. The van der Waals surface area contributed by atoms with Gasteiger partial charge in [0.15, 0.2) is 11.5 Å². The standard InChI is InChI=1S/C15H14O5/c1-17-11-7-8-6-10-9(4-5-20-10)13(16)12(8)15(19-3)14(11)18-2/h4-7,16H,1-3H3. The van der Waals surface area contributed by atoms with Crippen molar-refractivity contribution < 1.29 is 23.7 Å². The Morgan fingerprint density at radius 1 is 1.00 bits per heavy atom. The Labute approximate surface area is 115 Å². The maximum atomic E-state index is 10.5. The van der Waals surface area contributed by atoms with E-state index in [9.17, 15) is 5.11 Å². The van der Waals surface area contributed by atoms with Crippen molar-refractivity contribution in [2.45, 2.75) is 0 Å². The second-order valence-corrected chi connectivity index (χ2v) is 4.30. The molecule has 2 aromatic carbocycles. The summed E-state index contributed by atoms with van der Waals surface area (Å²) in [7, 11) is 4.60. The lowest BCUT2D eigenvalue weighted by molar-refractivity contribution is 0.326. The average molecular weight is 274 g/mol. The quantitative estimate of drug-likeness (QED) is 0.793. The van der Waals surface area contributed by atoms with Crippen molar-refractivity contribution in [2.24, 2.45) is 0 Å². The highest BCUT2D eigenvalue weighted by Crippen LogP contribution is 2.48. The number of furan rings is 1. The van der Waals surface area contributed by atoms with E-state index in [0.717, 1.165) is 5.39 Å². The summed E-state index contributed by atoms with van der Waals surface area (Å²) >= 11 is 0. The van der Waals surface area contributed by atoms with Crippen LogP contribution in [0.5, 0.6) is 23.0 Å². The van der Waals surface area contributed by atoms with E-state index in [1.807, 2.05) is 6.07 Å². The highest BCUT2D eigenvalue weighted by atomic mass is 16.5. The molecule has 0 aliphatic rings. The van der Waals surface area contributed by atoms with Crippen molar-refractivity contribution in [3.05, 3.63) is 24.5 Å². The predicted octanol–water partition coefficient (Wildman–Crippen LogP) is 3.32. The van der Waals surface area contributed by atoms with E-state index < -0.39 is 0 Å². The molecule has 1 aromatic heterocycles. The van der Waals surface area contributed by atoms with E-state index in [4.69, 9.17) is 18.6 Å². The SMILES string of the molecule is COc1cc2cc3occc3c(O)c2c(OC)c1OC. The molecule has 0 aliphatic carbocycles. The van der Waals surface area contributed by atoms with Gasteiger partial charge in [0.2, 0.25) is 5.75 Å². The van der Waals surface area contributed by atoms with Gasteiger partial charge in [0.25, 0.3) is 0 Å². The summed E-state index contributed by atoms with van der Waals surface area (Å²) in [6, 6.07) is 5.31. The van der Waals surface area contributed by atoms with Crippen LogP contribution in [0.3, 0.4) is 0 Å². The molecule has 0 saturated carbocycles. The van der Waals surface area contributed by atoms with Crippen LogP contribution in [0, 0.1) is 0 Å². The third-order valence-corrected chi connectivity index (χ3v) is 3.33.